The third-order valence-electron chi connectivity index (χ3n) is 4.92. The molecule has 0 spiro atoms. The molecule has 1 saturated heterocycles. The molecule has 2 fully saturated rings. The molecule has 1 aromatic carbocycles. The first-order chi connectivity index (χ1) is 10.8. The van der Waals surface area contributed by atoms with Crippen molar-refractivity contribution in [2.45, 2.75) is 39.0 Å². The summed E-state index contributed by atoms with van der Waals surface area (Å²) >= 11 is 0. The van der Waals surface area contributed by atoms with Gasteiger partial charge in [-0.2, -0.15) is 0 Å². The summed E-state index contributed by atoms with van der Waals surface area (Å²) in [6.45, 7) is 8.74. The molecule has 1 saturated carbocycles. The zero-order chi connectivity index (χ0) is 15.4. The molecule has 0 bridgehead atoms. The Labute approximate surface area is 134 Å². The summed E-state index contributed by atoms with van der Waals surface area (Å²) in [7, 11) is 0. The number of piperidine rings is 1. The minimum Gasteiger partial charge on any atom is -0.357 e. The van der Waals surface area contributed by atoms with Gasteiger partial charge in [-0.3, -0.25) is 4.99 Å². The minimum atomic E-state index is 0.730. The van der Waals surface area contributed by atoms with Crippen LogP contribution in [0, 0.1) is 11.8 Å². The van der Waals surface area contributed by atoms with E-state index in [1.165, 1.54) is 24.8 Å². The summed E-state index contributed by atoms with van der Waals surface area (Å²) < 4.78 is 0. The van der Waals surface area contributed by atoms with Crippen LogP contribution in [0.1, 0.15) is 44.6 Å². The number of aliphatic imine (C=N–C) groups is 1. The molecule has 1 aromatic rings. The molecule has 0 amide bonds. The smallest absolute Gasteiger partial charge is 0.193 e. The molecular weight excluding hydrogens is 270 g/mol. The lowest BCUT2D eigenvalue weighted by atomic mass is 10.0. The summed E-state index contributed by atoms with van der Waals surface area (Å²) in [5.74, 6) is 3.38. The predicted molar refractivity (Wildman–Crippen MR) is 93.2 cm³/mol. The van der Waals surface area contributed by atoms with Gasteiger partial charge in [0.1, 0.15) is 0 Å². The summed E-state index contributed by atoms with van der Waals surface area (Å²) in [5, 5.41) is 3.49. The first-order valence-corrected chi connectivity index (χ1v) is 8.86. The summed E-state index contributed by atoms with van der Waals surface area (Å²) in [6, 6.07) is 10.9. The standard InChI is InChI=1S/C19H29N3/c1-3-20-19(22-11-7-8-15(2)14-22)21-13-17-12-18(17)16-9-5-4-6-10-16/h4-6,9-10,15,17-18H,3,7-8,11-14H2,1-2H3,(H,20,21). The van der Waals surface area contributed by atoms with Gasteiger partial charge in [-0.05, 0) is 49.5 Å². The number of likely N-dealkylation sites (tertiary alicyclic amines) is 1. The van der Waals surface area contributed by atoms with E-state index in [1.54, 1.807) is 0 Å². The molecule has 3 atom stereocenters. The van der Waals surface area contributed by atoms with Crippen molar-refractivity contribution >= 4 is 5.96 Å². The van der Waals surface area contributed by atoms with E-state index in [1.807, 2.05) is 0 Å². The van der Waals surface area contributed by atoms with E-state index in [9.17, 15) is 0 Å². The van der Waals surface area contributed by atoms with Gasteiger partial charge < -0.3 is 10.2 Å². The molecular formula is C19H29N3. The van der Waals surface area contributed by atoms with Crippen LogP contribution >= 0.6 is 0 Å². The van der Waals surface area contributed by atoms with Gasteiger partial charge >= 0.3 is 0 Å². The fraction of sp³-hybridized carbons (Fsp3) is 0.632. The summed E-state index contributed by atoms with van der Waals surface area (Å²) in [4.78, 5) is 7.40. The fourth-order valence-electron chi connectivity index (χ4n) is 3.57. The Morgan fingerprint density at radius 2 is 2.14 bits per heavy atom. The van der Waals surface area contributed by atoms with Gasteiger partial charge in [-0.15, -0.1) is 0 Å². The number of hydrogen-bond donors (Lipinski definition) is 1. The quantitative estimate of drug-likeness (QED) is 0.681. The molecule has 2 aliphatic rings. The van der Waals surface area contributed by atoms with Crippen LogP contribution in [0.15, 0.2) is 35.3 Å². The Balaban J connectivity index is 1.57. The van der Waals surface area contributed by atoms with E-state index in [-0.39, 0.29) is 0 Å². The molecule has 0 aromatic heterocycles. The van der Waals surface area contributed by atoms with Gasteiger partial charge in [-0.25, -0.2) is 0 Å². The maximum Gasteiger partial charge on any atom is 0.193 e. The molecule has 1 N–H and O–H groups in total. The van der Waals surface area contributed by atoms with E-state index in [0.717, 1.165) is 49.9 Å². The van der Waals surface area contributed by atoms with Crippen molar-refractivity contribution in [1.82, 2.24) is 10.2 Å². The molecule has 1 aliphatic heterocycles. The van der Waals surface area contributed by atoms with Crippen molar-refractivity contribution in [3.8, 4) is 0 Å². The van der Waals surface area contributed by atoms with Crippen molar-refractivity contribution in [3.63, 3.8) is 0 Å². The predicted octanol–water partition coefficient (Wildman–Crippen LogP) is 3.49. The maximum absolute atomic E-state index is 4.94. The minimum absolute atomic E-state index is 0.730. The number of benzene rings is 1. The van der Waals surface area contributed by atoms with E-state index in [0.29, 0.717) is 0 Å². The number of rotatable bonds is 4. The second kappa shape index (κ2) is 7.17. The molecule has 1 aliphatic carbocycles. The molecule has 3 heteroatoms. The van der Waals surface area contributed by atoms with E-state index < -0.39 is 0 Å². The van der Waals surface area contributed by atoms with Crippen LogP contribution in [0.3, 0.4) is 0 Å². The zero-order valence-corrected chi connectivity index (χ0v) is 14.0. The second-order valence-corrected chi connectivity index (χ2v) is 6.90. The normalized spacial score (nSPS) is 28.5. The lowest BCUT2D eigenvalue weighted by Gasteiger charge is -2.33. The van der Waals surface area contributed by atoms with Gasteiger partial charge in [-0.1, -0.05) is 37.3 Å². The summed E-state index contributed by atoms with van der Waals surface area (Å²) in [6.07, 6.45) is 3.94. The number of nitrogens with zero attached hydrogens (tertiary/aromatic N) is 2. The summed E-state index contributed by atoms with van der Waals surface area (Å²) in [5.41, 5.74) is 1.49. The van der Waals surface area contributed by atoms with E-state index in [4.69, 9.17) is 4.99 Å². The SMILES string of the molecule is CCNC(=NCC1CC1c1ccccc1)N1CCCC(C)C1. The van der Waals surface area contributed by atoms with Crippen LogP contribution in [0.5, 0.6) is 0 Å². The highest BCUT2D eigenvalue weighted by Crippen LogP contribution is 2.47. The first kappa shape index (κ1) is 15.4. The Bertz CT molecular complexity index is 497. The van der Waals surface area contributed by atoms with Crippen LogP contribution in [0.25, 0.3) is 0 Å². The van der Waals surface area contributed by atoms with Gasteiger partial charge in [0.05, 0.1) is 0 Å². The Morgan fingerprint density at radius 1 is 1.32 bits per heavy atom. The lowest BCUT2D eigenvalue weighted by molar-refractivity contribution is 0.266. The average Bonchev–Trinajstić information content (AvgIpc) is 3.32. The largest absolute Gasteiger partial charge is 0.357 e. The lowest BCUT2D eigenvalue weighted by Crippen LogP contribution is -2.46. The third-order valence-corrected chi connectivity index (χ3v) is 4.92. The average molecular weight is 299 g/mol. The maximum atomic E-state index is 4.94. The third kappa shape index (κ3) is 3.82. The molecule has 1 heterocycles. The highest BCUT2D eigenvalue weighted by Gasteiger charge is 2.37. The van der Waals surface area contributed by atoms with Gasteiger partial charge in [0.25, 0.3) is 0 Å². The fourth-order valence-corrected chi connectivity index (χ4v) is 3.57. The monoisotopic (exact) mass is 299 g/mol. The highest BCUT2D eigenvalue weighted by atomic mass is 15.3. The topological polar surface area (TPSA) is 27.6 Å². The van der Waals surface area contributed by atoms with Gasteiger partial charge in [0.2, 0.25) is 0 Å². The van der Waals surface area contributed by atoms with Crippen molar-refractivity contribution in [3.05, 3.63) is 35.9 Å². The Morgan fingerprint density at radius 3 is 2.86 bits per heavy atom. The van der Waals surface area contributed by atoms with Crippen LogP contribution < -0.4 is 5.32 Å². The number of hydrogen-bond acceptors (Lipinski definition) is 1. The zero-order valence-electron chi connectivity index (χ0n) is 14.0. The first-order valence-electron chi connectivity index (χ1n) is 8.86. The van der Waals surface area contributed by atoms with Crippen molar-refractivity contribution in [1.29, 1.82) is 0 Å². The van der Waals surface area contributed by atoms with Crippen molar-refractivity contribution in [2.24, 2.45) is 16.8 Å². The van der Waals surface area contributed by atoms with Crippen LogP contribution in [0.4, 0.5) is 0 Å². The molecule has 120 valence electrons. The van der Waals surface area contributed by atoms with Gasteiger partial charge in [0.15, 0.2) is 5.96 Å². The number of nitrogens with one attached hydrogen (secondary N) is 1. The second-order valence-electron chi connectivity index (χ2n) is 6.90. The molecule has 0 radical (unpaired) electrons. The molecule has 3 rings (SSSR count). The van der Waals surface area contributed by atoms with Crippen LogP contribution in [-0.4, -0.2) is 37.0 Å². The van der Waals surface area contributed by atoms with E-state index >= 15 is 0 Å². The Hall–Kier alpha value is -1.51. The van der Waals surface area contributed by atoms with Crippen molar-refractivity contribution in [2.75, 3.05) is 26.2 Å². The van der Waals surface area contributed by atoms with E-state index in [2.05, 4.69) is 54.4 Å². The molecule has 3 unspecified atom stereocenters. The number of guanidine groups is 1. The Kier molecular flexibility index (Phi) is 5.01. The molecule has 3 nitrogen and oxygen atoms in total. The van der Waals surface area contributed by atoms with Crippen molar-refractivity contribution < 1.29 is 0 Å². The molecule has 22 heavy (non-hydrogen) atoms. The van der Waals surface area contributed by atoms with Gasteiger partial charge in [0, 0.05) is 26.2 Å². The van der Waals surface area contributed by atoms with Crippen LogP contribution in [0.2, 0.25) is 0 Å². The van der Waals surface area contributed by atoms with Crippen LogP contribution in [-0.2, 0) is 0 Å². The highest BCUT2D eigenvalue weighted by molar-refractivity contribution is 5.80.